The molecule has 2 aliphatic rings. The van der Waals surface area contributed by atoms with E-state index >= 15 is 0 Å². The van der Waals surface area contributed by atoms with Gasteiger partial charge in [0, 0.05) is 48.7 Å². The lowest BCUT2D eigenvalue weighted by molar-refractivity contribution is 0.0630. The Morgan fingerprint density at radius 2 is 1.75 bits per heavy atom. The van der Waals surface area contributed by atoms with Crippen LogP contribution in [-0.4, -0.2) is 53.7 Å². The van der Waals surface area contributed by atoms with E-state index in [1.807, 2.05) is 72.5 Å². The van der Waals surface area contributed by atoms with Gasteiger partial charge in [-0.1, -0.05) is 47.5 Å². The zero-order valence-electron chi connectivity index (χ0n) is 20.0. The molecular formula is C29H26ClN3O3. The lowest BCUT2D eigenvalue weighted by Crippen LogP contribution is -2.48. The second-order valence-corrected chi connectivity index (χ2v) is 9.72. The number of carbonyl (C=O) groups excluding carboxylic acids is 1. The molecule has 0 N–H and O–H groups in total. The Morgan fingerprint density at radius 1 is 0.944 bits per heavy atom. The molecule has 4 aromatic rings. The molecule has 0 radical (unpaired) electrons. The number of hydrogen-bond acceptors (Lipinski definition) is 5. The number of halogens is 1. The summed E-state index contributed by atoms with van der Waals surface area (Å²) in [6, 6.07) is 21.6. The van der Waals surface area contributed by atoms with Gasteiger partial charge in [0.05, 0.1) is 16.8 Å². The molecule has 1 aromatic heterocycles. The zero-order chi connectivity index (χ0) is 24.6. The van der Waals surface area contributed by atoms with Gasteiger partial charge in [0.2, 0.25) is 6.79 Å². The third-order valence-electron chi connectivity index (χ3n) is 6.85. The Kier molecular flexibility index (Phi) is 5.99. The average molecular weight is 500 g/mol. The number of aromatic nitrogens is 1. The highest BCUT2D eigenvalue weighted by molar-refractivity contribution is 6.33. The van der Waals surface area contributed by atoms with Gasteiger partial charge in [0.1, 0.15) is 0 Å². The van der Waals surface area contributed by atoms with Crippen LogP contribution in [0.1, 0.15) is 21.5 Å². The van der Waals surface area contributed by atoms with Crippen molar-refractivity contribution < 1.29 is 14.3 Å². The monoisotopic (exact) mass is 499 g/mol. The molecule has 6 rings (SSSR count). The number of benzene rings is 3. The SMILES string of the molecule is Cc1ccc2nc(-c3ccccc3Cl)cc(C(=O)N3CCN(Cc4ccc5c(c4)OCO5)CC3)c2c1. The third kappa shape index (κ3) is 4.38. The number of fused-ring (bicyclic) bond motifs is 2. The maximum Gasteiger partial charge on any atom is 0.254 e. The molecule has 0 aliphatic carbocycles. The minimum absolute atomic E-state index is 0.0315. The summed E-state index contributed by atoms with van der Waals surface area (Å²) in [6.07, 6.45) is 0. The first-order valence-electron chi connectivity index (χ1n) is 12.1. The van der Waals surface area contributed by atoms with Crippen molar-refractivity contribution in [3.63, 3.8) is 0 Å². The Bertz CT molecular complexity index is 1460. The van der Waals surface area contributed by atoms with Crippen molar-refractivity contribution in [2.75, 3.05) is 33.0 Å². The Labute approximate surface area is 215 Å². The first-order chi connectivity index (χ1) is 17.5. The summed E-state index contributed by atoms with van der Waals surface area (Å²) in [5, 5.41) is 1.49. The van der Waals surface area contributed by atoms with Crippen LogP contribution in [0.4, 0.5) is 0 Å². The fourth-order valence-corrected chi connectivity index (χ4v) is 5.13. The Hall–Kier alpha value is -3.61. The van der Waals surface area contributed by atoms with Gasteiger partial charge in [-0.2, -0.15) is 0 Å². The van der Waals surface area contributed by atoms with Gasteiger partial charge in [0.25, 0.3) is 5.91 Å². The largest absolute Gasteiger partial charge is 0.454 e. The maximum atomic E-state index is 13.8. The zero-order valence-corrected chi connectivity index (χ0v) is 20.8. The number of piperazine rings is 1. The van der Waals surface area contributed by atoms with E-state index in [4.69, 9.17) is 26.1 Å². The highest BCUT2D eigenvalue weighted by Crippen LogP contribution is 2.33. The van der Waals surface area contributed by atoms with Crippen LogP contribution >= 0.6 is 11.6 Å². The maximum absolute atomic E-state index is 13.8. The summed E-state index contributed by atoms with van der Waals surface area (Å²) in [5.74, 6) is 1.63. The molecule has 1 saturated heterocycles. The summed E-state index contributed by atoms with van der Waals surface area (Å²) in [7, 11) is 0. The topological polar surface area (TPSA) is 54.9 Å². The number of amides is 1. The Balaban J connectivity index is 1.23. The number of nitrogens with zero attached hydrogens (tertiary/aromatic N) is 3. The van der Waals surface area contributed by atoms with Gasteiger partial charge in [-0.15, -0.1) is 0 Å². The molecule has 0 atom stereocenters. The van der Waals surface area contributed by atoms with Crippen LogP contribution in [0.3, 0.4) is 0 Å². The third-order valence-corrected chi connectivity index (χ3v) is 7.18. The van der Waals surface area contributed by atoms with Crippen molar-refractivity contribution in [2.24, 2.45) is 0 Å². The van der Waals surface area contributed by atoms with Crippen molar-refractivity contribution in [2.45, 2.75) is 13.5 Å². The van der Waals surface area contributed by atoms with Crippen LogP contribution in [0.2, 0.25) is 5.02 Å². The summed E-state index contributed by atoms with van der Waals surface area (Å²) < 4.78 is 10.9. The molecule has 0 bridgehead atoms. The summed E-state index contributed by atoms with van der Waals surface area (Å²) in [4.78, 5) is 23.0. The van der Waals surface area contributed by atoms with E-state index in [-0.39, 0.29) is 12.7 Å². The molecule has 36 heavy (non-hydrogen) atoms. The molecule has 3 aromatic carbocycles. The molecule has 182 valence electrons. The highest BCUT2D eigenvalue weighted by atomic mass is 35.5. The standard InChI is InChI=1S/C29H26ClN3O3/c1-19-6-8-25-22(14-19)23(16-26(31-25)21-4-2-3-5-24(21)30)29(34)33-12-10-32(11-13-33)17-20-7-9-27-28(15-20)36-18-35-27/h2-9,14-16H,10-13,17-18H2,1H3. The molecule has 0 unspecified atom stereocenters. The van der Waals surface area contributed by atoms with Gasteiger partial charge < -0.3 is 14.4 Å². The van der Waals surface area contributed by atoms with Crippen LogP contribution in [-0.2, 0) is 6.54 Å². The molecule has 1 fully saturated rings. The van der Waals surface area contributed by atoms with E-state index in [2.05, 4.69) is 11.0 Å². The van der Waals surface area contributed by atoms with Crippen LogP contribution in [0, 0.1) is 6.92 Å². The average Bonchev–Trinajstić information content (AvgIpc) is 3.36. The molecule has 0 saturated carbocycles. The number of aryl methyl sites for hydroxylation is 1. The minimum atomic E-state index is 0.0315. The van der Waals surface area contributed by atoms with Crippen LogP contribution < -0.4 is 9.47 Å². The van der Waals surface area contributed by atoms with Crippen molar-refractivity contribution in [3.8, 4) is 22.8 Å². The predicted octanol–water partition coefficient (Wildman–Crippen LogP) is 5.55. The first-order valence-corrected chi connectivity index (χ1v) is 12.5. The van der Waals surface area contributed by atoms with E-state index in [1.165, 1.54) is 5.56 Å². The summed E-state index contributed by atoms with van der Waals surface area (Å²) in [5.41, 5.74) is 5.27. The van der Waals surface area contributed by atoms with Crippen molar-refractivity contribution >= 4 is 28.4 Å². The van der Waals surface area contributed by atoms with Crippen molar-refractivity contribution in [1.82, 2.24) is 14.8 Å². The number of ether oxygens (including phenoxy) is 2. The highest BCUT2D eigenvalue weighted by Gasteiger charge is 2.25. The van der Waals surface area contributed by atoms with Crippen LogP contribution in [0.15, 0.2) is 66.7 Å². The van der Waals surface area contributed by atoms with E-state index in [0.29, 0.717) is 29.4 Å². The van der Waals surface area contributed by atoms with Gasteiger partial charge in [0.15, 0.2) is 11.5 Å². The van der Waals surface area contributed by atoms with E-state index in [9.17, 15) is 4.79 Å². The lowest BCUT2D eigenvalue weighted by Gasteiger charge is -2.35. The van der Waals surface area contributed by atoms with Crippen molar-refractivity contribution in [3.05, 3.63) is 88.4 Å². The lowest BCUT2D eigenvalue weighted by atomic mass is 10.0. The molecule has 7 heteroatoms. The number of hydrogen-bond donors (Lipinski definition) is 0. The fraction of sp³-hybridized carbons (Fsp3) is 0.241. The number of pyridine rings is 1. The van der Waals surface area contributed by atoms with Crippen LogP contribution in [0.5, 0.6) is 11.5 Å². The van der Waals surface area contributed by atoms with Gasteiger partial charge in [-0.05, 0) is 48.9 Å². The van der Waals surface area contributed by atoms with Gasteiger partial charge >= 0.3 is 0 Å². The van der Waals surface area contributed by atoms with E-state index < -0.39 is 0 Å². The van der Waals surface area contributed by atoms with E-state index in [1.54, 1.807) is 0 Å². The summed E-state index contributed by atoms with van der Waals surface area (Å²) in [6.45, 7) is 6.07. The normalized spacial score (nSPS) is 15.4. The second-order valence-electron chi connectivity index (χ2n) is 9.31. The fourth-order valence-electron chi connectivity index (χ4n) is 4.90. The first kappa shape index (κ1) is 22.8. The molecule has 6 nitrogen and oxygen atoms in total. The summed E-state index contributed by atoms with van der Waals surface area (Å²) >= 11 is 6.47. The quantitative estimate of drug-likeness (QED) is 0.368. The number of rotatable bonds is 4. The molecule has 0 spiro atoms. The van der Waals surface area contributed by atoms with Crippen LogP contribution in [0.25, 0.3) is 22.2 Å². The second kappa shape index (κ2) is 9.45. The van der Waals surface area contributed by atoms with Gasteiger partial charge in [-0.25, -0.2) is 4.98 Å². The Morgan fingerprint density at radius 3 is 2.58 bits per heavy atom. The van der Waals surface area contributed by atoms with E-state index in [0.717, 1.165) is 53.2 Å². The number of carbonyl (C=O) groups is 1. The van der Waals surface area contributed by atoms with Gasteiger partial charge in [-0.3, -0.25) is 9.69 Å². The minimum Gasteiger partial charge on any atom is -0.454 e. The van der Waals surface area contributed by atoms with Crippen molar-refractivity contribution in [1.29, 1.82) is 0 Å². The molecule has 2 aliphatic heterocycles. The predicted molar refractivity (Wildman–Crippen MR) is 141 cm³/mol. The smallest absolute Gasteiger partial charge is 0.254 e. The molecule has 1 amide bonds. The molecule has 3 heterocycles. The molecular weight excluding hydrogens is 474 g/mol.